The highest BCUT2D eigenvalue weighted by Crippen LogP contribution is 2.34. The van der Waals surface area contributed by atoms with E-state index < -0.39 is 6.10 Å². The number of para-hydroxylation sites is 2. The number of carbonyl (C=O) groups excluding carboxylic acids is 1. The molecule has 1 atom stereocenters. The molecule has 1 amide bonds. The second-order valence-electron chi connectivity index (χ2n) is 8.21. The molecule has 2 aromatic carbocycles. The van der Waals surface area contributed by atoms with Crippen LogP contribution < -0.4 is 14.4 Å². The number of halogens is 1. The summed E-state index contributed by atoms with van der Waals surface area (Å²) in [5.74, 6) is 1.14. The van der Waals surface area contributed by atoms with E-state index in [1.54, 1.807) is 16.2 Å². The molecule has 176 valence electrons. The highest BCUT2D eigenvalue weighted by Gasteiger charge is 2.33. The Morgan fingerprint density at radius 3 is 2.67 bits per heavy atom. The number of hydrogen-bond donors (Lipinski definition) is 0. The van der Waals surface area contributed by atoms with Gasteiger partial charge in [-0.1, -0.05) is 23.5 Å². The third-order valence-electron chi connectivity index (χ3n) is 6.02. The van der Waals surface area contributed by atoms with Crippen LogP contribution in [0.15, 0.2) is 36.4 Å². The van der Waals surface area contributed by atoms with Crippen LogP contribution in [0.1, 0.15) is 11.1 Å². The van der Waals surface area contributed by atoms with Crippen LogP contribution in [-0.4, -0.2) is 67.9 Å². The van der Waals surface area contributed by atoms with Crippen molar-refractivity contribution in [2.75, 3.05) is 50.9 Å². The number of benzene rings is 2. The van der Waals surface area contributed by atoms with Crippen LogP contribution in [0.25, 0.3) is 10.2 Å². The molecule has 1 unspecified atom stereocenters. The lowest BCUT2D eigenvalue weighted by atomic mass is 10.1. The lowest BCUT2D eigenvalue weighted by Crippen LogP contribution is -2.49. The maximum Gasteiger partial charge on any atom is 0.273 e. The molecule has 1 fully saturated rings. The van der Waals surface area contributed by atoms with E-state index in [-0.39, 0.29) is 24.9 Å². The van der Waals surface area contributed by atoms with Crippen molar-refractivity contribution in [3.63, 3.8) is 0 Å². The quantitative estimate of drug-likeness (QED) is 0.542. The summed E-state index contributed by atoms with van der Waals surface area (Å²) >= 11 is 1.55. The van der Waals surface area contributed by atoms with Crippen LogP contribution in [-0.2, 0) is 9.53 Å². The van der Waals surface area contributed by atoms with Gasteiger partial charge in [0.2, 0.25) is 6.10 Å². The van der Waals surface area contributed by atoms with Gasteiger partial charge in [-0.2, -0.15) is 0 Å². The van der Waals surface area contributed by atoms with Gasteiger partial charge >= 0.3 is 0 Å². The number of ether oxygens (including phenoxy) is 3. The first-order chi connectivity index (χ1) is 15.6. The minimum absolute atomic E-state index is 0. The number of hydrogen-bond acceptors (Lipinski definition) is 7. The van der Waals surface area contributed by atoms with Gasteiger partial charge in [-0.25, -0.2) is 4.98 Å². The molecular weight excluding hydrogens is 462 g/mol. The molecule has 2 aliphatic rings. The normalized spacial score (nSPS) is 18.1. The number of fused-ring (bicyclic) bond motifs is 2. The Hall–Kier alpha value is -2.39. The van der Waals surface area contributed by atoms with Crippen molar-refractivity contribution in [3.8, 4) is 11.5 Å². The fourth-order valence-electron chi connectivity index (χ4n) is 3.96. The maximum atomic E-state index is 13.6. The molecule has 3 heterocycles. The molecule has 5 rings (SSSR count). The number of aromatic nitrogens is 1. The van der Waals surface area contributed by atoms with E-state index in [1.165, 1.54) is 11.1 Å². The first kappa shape index (κ1) is 23.8. The number of carbonyl (C=O) groups is 1. The minimum atomic E-state index is -0.704. The Morgan fingerprint density at radius 1 is 1.15 bits per heavy atom. The zero-order valence-corrected chi connectivity index (χ0v) is 20.4. The second-order valence-corrected chi connectivity index (χ2v) is 9.22. The smallest absolute Gasteiger partial charge is 0.273 e. The van der Waals surface area contributed by atoms with Crippen LogP contribution in [0.2, 0.25) is 0 Å². The van der Waals surface area contributed by atoms with Crippen LogP contribution in [0.3, 0.4) is 0 Å². The van der Waals surface area contributed by atoms with Gasteiger partial charge in [0.05, 0.1) is 23.4 Å². The first-order valence-electron chi connectivity index (χ1n) is 11.0. The highest BCUT2D eigenvalue weighted by atomic mass is 35.5. The van der Waals surface area contributed by atoms with Crippen molar-refractivity contribution in [2.24, 2.45) is 0 Å². The van der Waals surface area contributed by atoms with Gasteiger partial charge in [0.25, 0.3) is 5.91 Å². The van der Waals surface area contributed by atoms with Crippen molar-refractivity contribution < 1.29 is 19.0 Å². The highest BCUT2D eigenvalue weighted by molar-refractivity contribution is 7.22. The lowest BCUT2D eigenvalue weighted by Gasteiger charge is -2.32. The van der Waals surface area contributed by atoms with Crippen LogP contribution >= 0.6 is 23.7 Å². The average molecular weight is 490 g/mol. The standard InChI is InChI=1S/C24H27N3O4S.ClH/c1-16-13-18-22(14-17(16)2)32-24(25-18)27(8-7-26-9-11-29-12-10-26)23(28)21-15-30-19-5-3-4-6-20(19)31-21;/h3-6,13-14,21H,7-12,15H2,1-2H3;1H. The third-order valence-corrected chi connectivity index (χ3v) is 7.06. The monoisotopic (exact) mass is 489 g/mol. The van der Waals surface area contributed by atoms with Crippen molar-refractivity contribution >= 4 is 45.0 Å². The number of nitrogens with zero attached hydrogens (tertiary/aromatic N) is 3. The Morgan fingerprint density at radius 2 is 1.88 bits per heavy atom. The molecular formula is C24H28ClN3O4S. The van der Waals surface area contributed by atoms with E-state index in [4.69, 9.17) is 19.2 Å². The van der Waals surface area contributed by atoms with Crippen molar-refractivity contribution in [2.45, 2.75) is 20.0 Å². The SMILES string of the molecule is Cc1cc2nc(N(CCN3CCOCC3)C(=O)C3COc4ccccc4O3)sc2cc1C.Cl. The van der Waals surface area contributed by atoms with E-state index in [2.05, 4.69) is 30.9 Å². The van der Waals surface area contributed by atoms with Crippen molar-refractivity contribution in [1.82, 2.24) is 9.88 Å². The summed E-state index contributed by atoms with van der Waals surface area (Å²) in [5, 5.41) is 0.700. The lowest BCUT2D eigenvalue weighted by molar-refractivity contribution is -0.127. The molecule has 0 aliphatic carbocycles. The number of morpholine rings is 1. The summed E-state index contributed by atoms with van der Waals surface area (Å²) in [5.41, 5.74) is 3.34. The maximum absolute atomic E-state index is 13.6. The number of rotatable bonds is 5. The summed E-state index contributed by atoms with van der Waals surface area (Å²) in [7, 11) is 0. The molecule has 0 N–H and O–H groups in total. The largest absolute Gasteiger partial charge is 0.485 e. The van der Waals surface area contributed by atoms with E-state index in [0.29, 0.717) is 23.2 Å². The number of anilines is 1. The summed E-state index contributed by atoms with van der Waals surface area (Å²) in [6.45, 7) is 8.86. The zero-order chi connectivity index (χ0) is 22.1. The Kier molecular flexibility index (Phi) is 7.38. The molecule has 7 nitrogen and oxygen atoms in total. The average Bonchev–Trinajstić information content (AvgIpc) is 3.22. The topological polar surface area (TPSA) is 64.1 Å². The summed E-state index contributed by atoms with van der Waals surface area (Å²) in [4.78, 5) is 22.5. The van der Waals surface area contributed by atoms with E-state index in [1.807, 2.05) is 24.3 Å². The zero-order valence-electron chi connectivity index (χ0n) is 18.8. The minimum Gasteiger partial charge on any atom is -0.485 e. The molecule has 1 saturated heterocycles. The molecule has 0 radical (unpaired) electrons. The van der Waals surface area contributed by atoms with Crippen LogP contribution in [0.5, 0.6) is 11.5 Å². The van der Waals surface area contributed by atoms with Gasteiger partial charge in [0.1, 0.15) is 6.61 Å². The predicted molar refractivity (Wildman–Crippen MR) is 132 cm³/mol. The summed E-state index contributed by atoms with van der Waals surface area (Å²) in [6, 6.07) is 11.7. The van der Waals surface area contributed by atoms with Crippen molar-refractivity contribution in [1.29, 1.82) is 0 Å². The number of aryl methyl sites for hydroxylation is 2. The molecule has 33 heavy (non-hydrogen) atoms. The number of thiazole rings is 1. The Balaban J connectivity index is 0.00000259. The van der Waals surface area contributed by atoms with Crippen molar-refractivity contribution in [3.05, 3.63) is 47.5 Å². The fraction of sp³-hybridized carbons (Fsp3) is 0.417. The van der Waals surface area contributed by atoms with Gasteiger partial charge in [0.15, 0.2) is 16.6 Å². The molecule has 0 spiro atoms. The Labute approximate surface area is 203 Å². The third kappa shape index (κ3) is 5.09. The van der Waals surface area contributed by atoms with Gasteiger partial charge < -0.3 is 14.2 Å². The summed E-state index contributed by atoms with van der Waals surface area (Å²) in [6.07, 6.45) is -0.704. The van der Waals surface area contributed by atoms with Gasteiger partial charge in [-0.05, 0) is 49.2 Å². The van der Waals surface area contributed by atoms with E-state index >= 15 is 0 Å². The first-order valence-corrected chi connectivity index (χ1v) is 11.8. The van der Waals surface area contributed by atoms with Crippen LogP contribution in [0, 0.1) is 13.8 Å². The predicted octanol–water partition coefficient (Wildman–Crippen LogP) is 3.84. The van der Waals surface area contributed by atoms with Gasteiger partial charge in [-0.3, -0.25) is 14.6 Å². The molecule has 3 aromatic rings. The molecule has 1 aromatic heterocycles. The number of amides is 1. The van der Waals surface area contributed by atoms with Gasteiger partial charge in [-0.15, -0.1) is 12.4 Å². The molecule has 0 saturated carbocycles. The molecule has 9 heteroatoms. The van der Waals surface area contributed by atoms with Gasteiger partial charge in [0, 0.05) is 26.2 Å². The fourth-order valence-corrected chi connectivity index (χ4v) is 5.04. The van der Waals surface area contributed by atoms with E-state index in [0.717, 1.165) is 43.1 Å². The Bertz CT molecular complexity index is 1090. The van der Waals surface area contributed by atoms with E-state index in [9.17, 15) is 4.79 Å². The summed E-state index contributed by atoms with van der Waals surface area (Å²) < 4.78 is 18.4. The molecule has 2 aliphatic heterocycles. The van der Waals surface area contributed by atoms with Crippen LogP contribution in [0.4, 0.5) is 5.13 Å². The molecule has 0 bridgehead atoms. The second kappa shape index (κ2) is 10.3.